The summed E-state index contributed by atoms with van der Waals surface area (Å²) < 4.78 is 55.0. The van der Waals surface area contributed by atoms with Crippen molar-refractivity contribution in [2.75, 3.05) is 9.80 Å². The molecule has 308 valence electrons. The van der Waals surface area contributed by atoms with Gasteiger partial charge in [-0.15, -0.1) is 49.2 Å². The van der Waals surface area contributed by atoms with Gasteiger partial charge in [0.25, 0.3) is 0 Å². The fourth-order valence-corrected chi connectivity index (χ4v) is 7.66. The first kappa shape index (κ1) is 49.9. The van der Waals surface area contributed by atoms with Crippen LogP contribution in [-0.4, -0.2) is 23.9 Å². The number of rotatable bonds is 10. The molecule has 0 aromatic heterocycles. The van der Waals surface area contributed by atoms with Crippen molar-refractivity contribution in [1.82, 2.24) is 0 Å². The maximum Gasteiger partial charge on any atom is 4.00 e. The summed E-state index contributed by atoms with van der Waals surface area (Å²) in [6.07, 6.45) is 33.2. The van der Waals surface area contributed by atoms with Gasteiger partial charge in [0.05, 0.1) is 0 Å². The molecule has 2 aromatic rings. The Labute approximate surface area is 355 Å². The van der Waals surface area contributed by atoms with E-state index in [1.54, 1.807) is 9.80 Å². The van der Waals surface area contributed by atoms with Crippen molar-refractivity contribution in [3.8, 4) is 0 Å². The van der Waals surface area contributed by atoms with Crippen molar-refractivity contribution in [2.24, 2.45) is 10.8 Å². The van der Waals surface area contributed by atoms with Crippen molar-refractivity contribution in [3.63, 3.8) is 0 Å². The molecule has 0 saturated heterocycles. The Hall–Kier alpha value is -3.23. The van der Waals surface area contributed by atoms with E-state index in [-0.39, 0.29) is 57.0 Å². The van der Waals surface area contributed by atoms with Gasteiger partial charge in [0, 0.05) is 46.2 Å². The quantitative estimate of drug-likeness (QED) is 0.136. The smallest absolute Gasteiger partial charge is 0.360 e. The molecule has 0 unspecified atom stereocenters. The number of carbonyl (C=O) groups excluding carboxylic acids is 2. The number of amides is 2. The molecule has 2 aromatic carbocycles. The van der Waals surface area contributed by atoms with Crippen LogP contribution < -0.4 is 9.80 Å². The number of hydrogen-bond donors (Lipinski definition) is 0. The van der Waals surface area contributed by atoms with Gasteiger partial charge < -0.3 is 9.80 Å². The molecule has 0 heterocycles. The third kappa shape index (κ3) is 15.8. The summed E-state index contributed by atoms with van der Waals surface area (Å²) in [7, 11) is 0. The predicted molar refractivity (Wildman–Crippen MR) is 220 cm³/mol. The van der Waals surface area contributed by atoms with E-state index in [9.17, 15) is 27.2 Å². The van der Waals surface area contributed by atoms with Crippen molar-refractivity contribution in [3.05, 3.63) is 108 Å². The first-order valence-corrected chi connectivity index (χ1v) is 20.6. The number of carbonyl (C=O) groups is 2. The molecule has 0 aliphatic heterocycles. The third-order valence-electron chi connectivity index (χ3n) is 10.6. The Morgan fingerprint density at radius 2 is 0.965 bits per heavy atom. The van der Waals surface area contributed by atoms with Gasteiger partial charge in [-0.05, 0) is 49.9 Å². The minimum absolute atomic E-state index is 0. The zero-order valence-corrected chi connectivity index (χ0v) is 36.5. The van der Waals surface area contributed by atoms with Crippen LogP contribution in [0.3, 0.4) is 0 Å². The summed E-state index contributed by atoms with van der Waals surface area (Å²) in [4.78, 5) is 29.5. The maximum absolute atomic E-state index is 14.3. The Balaban J connectivity index is 0.000000310. The van der Waals surface area contributed by atoms with Gasteiger partial charge in [-0.25, -0.2) is 41.9 Å². The monoisotopic (exact) mass is 822 g/mol. The minimum atomic E-state index is -0.781. The average molecular weight is 823 g/mol. The summed E-state index contributed by atoms with van der Waals surface area (Å²) in [6.45, 7) is 11.7. The second-order valence-electron chi connectivity index (χ2n) is 16.2. The van der Waals surface area contributed by atoms with Crippen LogP contribution in [0, 0.1) is 58.4 Å². The second-order valence-corrected chi connectivity index (χ2v) is 16.2. The molecule has 0 atom stereocenters. The van der Waals surface area contributed by atoms with Gasteiger partial charge in [0.1, 0.15) is 0 Å². The Kier molecular flexibility index (Phi) is 22.2. The molecule has 57 heavy (non-hydrogen) atoms. The van der Waals surface area contributed by atoms with Crippen LogP contribution in [0.15, 0.2) is 60.7 Å². The van der Waals surface area contributed by atoms with Gasteiger partial charge >= 0.3 is 21.7 Å². The van der Waals surface area contributed by atoms with Crippen LogP contribution >= 0.6 is 0 Å². The van der Waals surface area contributed by atoms with E-state index >= 15 is 0 Å². The van der Waals surface area contributed by atoms with Crippen LogP contribution in [0.4, 0.5) is 28.9 Å². The second kappa shape index (κ2) is 25.3. The first-order valence-electron chi connectivity index (χ1n) is 20.6. The van der Waals surface area contributed by atoms with Crippen LogP contribution in [0.25, 0.3) is 0 Å². The van der Waals surface area contributed by atoms with E-state index in [0.29, 0.717) is 0 Å². The Morgan fingerprint density at radius 3 is 1.21 bits per heavy atom. The largest absolute Gasteiger partial charge is 4.00 e. The van der Waals surface area contributed by atoms with E-state index in [1.165, 1.54) is 24.3 Å². The molecule has 0 spiro atoms. The number of benzene rings is 2. The van der Waals surface area contributed by atoms with Gasteiger partial charge in [-0.1, -0.05) is 92.9 Å². The van der Waals surface area contributed by atoms with Gasteiger partial charge in [-0.3, -0.25) is 21.7 Å². The minimum Gasteiger partial charge on any atom is -0.360 e. The summed E-state index contributed by atoms with van der Waals surface area (Å²) in [5, 5.41) is 0. The predicted octanol–water partition coefficient (Wildman–Crippen LogP) is 13.1. The van der Waals surface area contributed by atoms with E-state index in [2.05, 4.69) is 36.4 Å². The van der Waals surface area contributed by atoms with Crippen LogP contribution in [0.1, 0.15) is 144 Å². The fraction of sp³-hybridized carbons (Fsp3) is 0.542. The fourth-order valence-electron chi connectivity index (χ4n) is 7.66. The van der Waals surface area contributed by atoms with Crippen LogP contribution in [-0.2, 0) is 31.3 Å². The molecule has 4 nitrogen and oxygen atoms in total. The molecule has 0 N–H and O–H groups in total. The van der Waals surface area contributed by atoms with E-state index in [4.69, 9.17) is 0 Å². The first-order chi connectivity index (χ1) is 26.7. The third-order valence-corrected chi connectivity index (χ3v) is 10.6. The molecule has 9 heteroatoms. The summed E-state index contributed by atoms with van der Waals surface area (Å²) in [6, 6.07) is 9.20. The number of hydrogen-bond acceptors (Lipinski definition) is 2. The zero-order chi connectivity index (χ0) is 41.1. The van der Waals surface area contributed by atoms with E-state index in [1.807, 2.05) is 65.8 Å². The SMILES string of the molecule is CCCC(C)(C)C(=O)N(c1ccc(F)[c-]c1F)C1CCCCC1.CCCC(C)(C)C(=O)N(c1ccc(F)[c-]c1F)C1CCCCC1.[C-]1=CC=CC1.[C-]1=CC=CC1.[Ti+4]. The van der Waals surface area contributed by atoms with Crippen LogP contribution in [0.2, 0.25) is 0 Å². The number of anilines is 2. The van der Waals surface area contributed by atoms with Crippen molar-refractivity contribution >= 4 is 23.2 Å². The number of allylic oxidation sites excluding steroid dienone is 8. The molecule has 4 aliphatic carbocycles. The van der Waals surface area contributed by atoms with Gasteiger partial charge in [0.15, 0.2) is 0 Å². The molecule has 6 rings (SSSR count). The van der Waals surface area contributed by atoms with Crippen LogP contribution in [0.5, 0.6) is 0 Å². The topological polar surface area (TPSA) is 40.6 Å². The molecule has 2 amide bonds. The molecule has 4 aliphatic rings. The molecule has 0 radical (unpaired) electrons. The van der Waals surface area contributed by atoms with Crippen molar-refractivity contribution < 1.29 is 48.9 Å². The molecule has 2 saturated carbocycles. The van der Waals surface area contributed by atoms with E-state index in [0.717, 1.165) is 103 Å². The van der Waals surface area contributed by atoms with Gasteiger partial charge in [-0.2, -0.15) is 12.2 Å². The zero-order valence-electron chi connectivity index (χ0n) is 35.0. The number of halogens is 4. The number of nitrogens with zero attached hydrogens (tertiary/aromatic N) is 2. The summed E-state index contributed by atoms with van der Waals surface area (Å²) in [5.74, 6) is -3.20. The Bertz CT molecular complexity index is 1510. The molecule has 0 bridgehead atoms. The van der Waals surface area contributed by atoms with Gasteiger partial charge in [0.2, 0.25) is 11.8 Å². The Morgan fingerprint density at radius 1 is 0.614 bits per heavy atom. The average Bonchev–Trinajstić information content (AvgIpc) is 3.96. The normalized spacial score (nSPS) is 16.3. The van der Waals surface area contributed by atoms with Crippen molar-refractivity contribution in [1.29, 1.82) is 0 Å². The molecule has 2 fully saturated rings. The standard InChI is InChI=1S/2C19H26F2NO.2C5H5.Ti/c2*1-4-12-19(2,3)18(23)22(15-8-6-5-7-9-15)17-11-10-14(20)13-16(17)21;2*1-2-4-5-3-1;/h2*10-11,15H,4-9,12H2,1-3H3;2*1-3H,4H2;/q4*-1;+4. The molecular formula is C48H62F4N2O2Ti. The summed E-state index contributed by atoms with van der Waals surface area (Å²) in [5.41, 5.74) is -0.806. The van der Waals surface area contributed by atoms with Crippen molar-refractivity contribution in [2.45, 2.75) is 156 Å². The maximum atomic E-state index is 14.3. The van der Waals surface area contributed by atoms with E-state index < -0.39 is 34.1 Å². The summed E-state index contributed by atoms with van der Waals surface area (Å²) >= 11 is 0. The molecular weight excluding hydrogens is 760 g/mol.